The Kier molecular flexibility index (Phi) is 4.41. The summed E-state index contributed by atoms with van der Waals surface area (Å²) in [6.07, 6.45) is 0.756. The van der Waals surface area contributed by atoms with Crippen molar-refractivity contribution in [1.82, 2.24) is 0 Å². The number of hydrogen-bond donors (Lipinski definition) is 0. The van der Waals surface area contributed by atoms with Crippen molar-refractivity contribution in [2.24, 2.45) is 0 Å². The fourth-order valence-electron chi connectivity index (χ4n) is 2.44. The van der Waals surface area contributed by atoms with Crippen LogP contribution in [0.15, 0.2) is 51.0 Å². The Hall–Kier alpha value is -1.86. The van der Waals surface area contributed by atoms with Crippen LogP contribution in [0.4, 0.5) is 0 Å². The van der Waals surface area contributed by atoms with E-state index < -0.39 is 11.0 Å². The second-order valence-corrected chi connectivity index (χ2v) is 6.51. The molecular formula is C16H11Br2NO4. The van der Waals surface area contributed by atoms with Gasteiger partial charge in [-0.15, -0.1) is 0 Å². The molecule has 2 aromatic carbocycles. The third kappa shape index (κ3) is 2.86. The normalized spacial score (nSPS) is 16.1. The van der Waals surface area contributed by atoms with Crippen LogP contribution in [0.2, 0.25) is 0 Å². The molecule has 0 saturated heterocycles. The van der Waals surface area contributed by atoms with Crippen molar-refractivity contribution in [3.05, 3.63) is 72.3 Å². The van der Waals surface area contributed by atoms with Crippen molar-refractivity contribution in [1.29, 1.82) is 0 Å². The molecule has 118 valence electrons. The molecule has 3 rings (SSSR count). The Bertz CT molecular complexity index is 805. The van der Waals surface area contributed by atoms with Crippen LogP contribution in [0, 0.1) is 10.1 Å². The molecule has 0 fully saturated rings. The van der Waals surface area contributed by atoms with Crippen molar-refractivity contribution in [3.8, 4) is 11.5 Å². The molecule has 2 aromatic rings. The molecule has 0 unspecified atom stereocenters. The van der Waals surface area contributed by atoms with Gasteiger partial charge in [-0.25, -0.2) is 0 Å². The van der Waals surface area contributed by atoms with Crippen LogP contribution in [0.3, 0.4) is 0 Å². The summed E-state index contributed by atoms with van der Waals surface area (Å²) in [4.78, 5) is 11.0. The molecule has 23 heavy (non-hydrogen) atoms. The SMILES string of the molecule is COc1c(Br)cc2c(c1Br)O[C@H](c1ccccc1)C([N+](=O)[O-])=C2. The minimum atomic E-state index is -0.777. The van der Waals surface area contributed by atoms with Crippen LogP contribution in [0.25, 0.3) is 6.08 Å². The van der Waals surface area contributed by atoms with E-state index in [2.05, 4.69) is 31.9 Å². The highest BCUT2D eigenvalue weighted by molar-refractivity contribution is 9.11. The number of hydrogen-bond acceptors (Lipinski definition) is 4. The van der Waals surface area contributed by atoms with E-state index in [1.807, 2.05) is 18.2 Å². The van der Waals surface area contributed by atoms with Crippen LogP contribution >= 0.6 is 31.9 Å². The maximum Gasteiger partial charge on any atom is 0.291 e. The number of ether oxygens (including phenoxy) is 2. The lowest BCUT2D eigenvalue weighted by Gasteiger charge is -2.24. The molecule has 1 heterocycles. The number of methoxy groups -OCH3 is 1. The Morgan fingerprint density at radius 2 is 1.96 bits per heavy atom. The molecule has 5 nitrogen and oxygen atoms in total. The first-order valence-electron chi connectivity index (χ1n) is 6.66. The molecule has 0 bridgehead atoms. The van der Waals surface area contributed by atoms with Crippen molar-refractivity contribution in [2.75, 3.05) is 7.11 Å². The molecule has 0 radical (unpaired) electrons. The van der Waals surface area contributed by atoms with Gasteiger partial charge >= 0.3 is 0 Å². The van der Waals surface area contributed by atoms with Crippen molar-refractivity contribution in [2.45, 2.75) is 6.10 Å². The predicted octanol–water partition coefficient (Wildman–Crippen LogP) is 4.97. The summed E-state index contributed by atoms with van der Waals surface area (Å²) in [5.41, 5.74) is 1.32. The highest BCUT2D eigenvalue weighted by atomic mass is 79.9. The largest absolute Gasteiger partial charge is 0.494 e. The summed E-state index contributed by atoms with van der Waals surface area (Å²) in [6.45, 7) is 0. The fourth-order valence-corrected chi connectivity index (χ4v) is 4.02. The second kappa shape index (κ2) is 6.33. The van der Waals surface area contributed by atoms with E-state index in [1.165, 1.54) is 6.08 Å². The van der Waals surface area contributed by atoms with Crippen LogP contribution < -0.4 is 9.47 Å². The van der Waals surface area contributed by atoms with Gasteiger partial charge in [-0.3, -0.25) is 10.1 Å². The summed E-state index contributed by atoms with van der Waals surface area (Å²) in [7, 11) is 1.55. The lowest BCUT2D eigenvalue weighted by atomic mass is 10.0. The third-order valence-corrected chi connectivity index (χ3v) is 4.79. The summed E-state index contributed by atoms with van der Waals surface area (Å²) in [5.74, 6) is 1.10. The van der Waals surface area contributed by atoms with Gasteiger partial charge in [-0.05, 0) is 37.9 Å². The smallest absolute Gasteiger partial charge is 0.291 e. The average molecular weight is 441 g/mol. The summed E-state index contributed by atoms with van der Waals surface area (Å²) in [5, 5.41) is 11.4. The average Bonchev–Trinajstić information content (AvgIpc) is 2.55. The van der Waals surface area contributed by atoms with Gasteiger partial charge in [-0.2, -0.15) is 0 Å². The lowest BCUT2D eigenvalue weighted by Crippen LogP contribution is -2.20. The maximum absolute atomic E-state index is 11.4. The van der Waals surface area contributed by atoms with E-state index in [9.17, 15) is 10.1 Å². The van der Waals surface area contributed by atoms with Gasteiger partial charge in [0.25, 0.3) is 5.70 Å². The van der Waals surface area contributed by atoms with E-state index in [0.29, 0.717) is 26.0 Å². The topological polar surface area (TPSA) is 61.6 Å². The van der Waals surface area contributed by atoms with Crippen LogP contribution in [-0.2, 0) is 0 Å². The zero-order valence-electron chi connectivity index (χ0n) is 12.0. The van der Waals surface area contributed by atoms with Gasteiger partial charge in [0.05, 0.1) is 16.5 Å². The first-order valence-corrected chi connectivity index (χ1v) is 8.25. The van der Waals surface area contributed by atoms with E-state index in [1.54, 1.807) is 25.3 Å². The molecule has 0 aliphatic carbocycles. The Balaban J connectivity index is 2.18. The van der Waals surface area contributed by atoms with E-state index >= 15 is 0 Å². The molecular weight excluding hydrogens is 430 g/mol. The molecule has 1 aliphatic heterocycles. The Morgan fingerprint density at radius 3 is 2.57 bits per heavy atom. The standard InChI is InChI=1S/C16H11Br2NO4/c1-22-16-11(17)7-10-8-12(19(20)21)14(23-15(10)13(16)18)9-5-3-2-4-6-9/h2-8,14H,1H3/t14-/m1/s1. The predicted molar refractivity (Wildman–Crippen MR) is 93.2 cm³/mol. The molecule has 0 N–H and O–H groups in total. The highest BCUT2D eigenvalue weighted by Gasteiger charge is 2.35. The molecule has 1 atom stereocenters. The number of halogens is 2. The van der Waals surface area contributed by atoms with Gasteiger partial charge < -0.3 is 9.47 Å². The molecule has 0 aromatic heterocycles. The van der Waals surface area contributed by atoms with Crippen LogP contribution in [0.5, 0.6) is 11.5 Å². The number of nitrogens with zero attached hydrogens (tertiary/aromatic N) is 1. The van der Waals surface area contributed by atoms with Crippen LogP contribution in [-0.4, -0.2) is 12.0 Å². The fraction of sp³-hybridized carbons (Fsp3) is 0.125. The highest BCUT2D eigenvalue weighted by Crippen LogP contribution is 2.48. The Morgan fingerprint density at radius 1 is 1.26 bits per heavy atom. The van der Waals surface area contributed by atoms with Gasteiger partial charge in [0.15, 0.2) is 5.75 Å². The lowest BCUT2D eigenvalue weighted by molar-refractivity contribution is -0.434. The second-order valence-electron chi connectivity index (χ2n) is 4.86. The van der Waals surface area contributed by atoms with E-state index in [0.717, 1.165) is 5.56 Å². The summed E-state index contributed by atoms with van der Waals surface area (Å²) >= 11 is 6.85. The molecule has 7 heteroatoms. The minimum absolute atomic E-state index is 0.00679. The minimum Gasteiger partial charge on any atom is -0.494 e. The summed E-state index contributed by atoms with van der Waals surface area (Å²) < 4.78 is 12.6. The number of benzene rings is 2. The van der Waals surface area contributed by atoms with Gasteiger partial charge in [0, 0.05) is 17.2 Å². The van der Waals surface area contributed by atoms with E-state index in [4.69, 9.17) is 9.47 Å². The molecule has 0 saturated carbocycles. The van der Waals surface area contributed by atoms with E-state index in [-0.39, 0.29) is 5.70 Å². The number of fused-ring (bicyclic) bond motifs is 1. The van der Waals surface area contributed by atoms with Gasteiger partial charge in [-0.1, -0.05) is 30.3 Å². The quantitative estimate of drug-likeness (QED) is 0.499. The first kappa shape index (κ1) is 16.0. The van der Waals surface area contributed by atoms with Crippen molar-refractivity contribution >= 4 is 37.9 Å². The van der Waals surface area contributed by atoms with Crippen molar-refractivity contribution in [3.63, 3.8) is 0 Å². The zero-order chi connectivity index (χ0) is 16.6. The zero-order valence-corrected chi connectivity index (χ0v) is 15.1. The molecule has 0 amide bonds. The summed E-state index contributed by atoms with van der Waals surface area (Å²) in [6, 6.07) is 10.8. The maximum atomic E-state index is 11.4. The monoisotopic (exact) mass is 439 g/mol. The van der Waals surface area contributed by atoms with Gasteiger partial charge in [0.1, 0.15) is 10.2 Å². The number of nitro groups is 1. The third-order valence-electron chi connectivity index (χ3n) is 3.49. The Labute approximate surface area is 149 Å². The van der Waals surface area contributed by atoms with Gasteiger partial charge in [0.2, 0.25) is 6.10 Å². The number of rotatable bonds is 3. The van der Waals surface area contributed by atoms with Crippen LogP contribution in [0.1, 0.15) is 17.2 Å². The first-order chi connectivity index (χ1) is 11.0. The van der Waals surface area contributed by atoms with Crippen molar-refractivity contribution < 1.29 is 14.4 Å². The molecule has 0 spiro atoms. The molecule has 1 aliphatic rings.